The van der Waals surface area contributed by atoms with E-state index in [4.69, 9.17) is 9.47 Å². The fourth-order valence-corrected chi connectivity index (χ4v) is 4.31. The van der Waals surface area contributed by atoms with Gasteiger partial charge in [0.05, 0.1) is 25.5 Å². The maximum absolute atomic E-state index is 14.4. The molecule has 0 aliphatic heterocycles. The molecular weight excluding hydrogens is 443 g/mol. The molecule has 3 rings (SSSR count). The maximum atomic E-state index is 14.4. The van der Waals surface area contributed by atoms with Gasteiger partial charge in [0.2, 0.25) is 5.91 Å². The number of aromatic nitrogens is 3. The minimum Gasteiger partial charge on any atom is -0.493 e. The SMILES string of the molecule is COc1cccc(CN(C)C(=O)CSc2nnc(-c3ccccc3F)n2CC(C)C)c1OC. The first-order valence-corrected chi connectivity index (χ1v) is 11.6. The summed E-state index contributed by atoms with van der Waals surface area (Å²) in [5.74, 6) is 1.74. The molecule has 0 aliphatic rings. The largest absolute Gasteiger partial charge is 0.493 e. The summed E-state index contributed by atoms with van der Waals surface area (Å²) in [4.78, 5) is 14.5. The van der Waals surface area contributed by atoms with E-state index < -0.39 is 0 Å². The molecule has 176 valence electrons. The van der Waals surface area contributed by atoms with E-state index in [-0.39, 0.29) is 17.5 Å². The second-order valence-electron chi connectivity index (χ2n) is 7.98. The van der Waals surface area contributed by atoms with Crippen LogP contribution < -0.4 is 9.47 Å². The highest BCUT2D eigenvalue weighted by atomic mass is 32.2. The van der Waals surface area contributed by atoms with Gasteiger partial charge in [-0.05, 0) is 24.1 Å². The van der Waals surface area contributed by atoms with Crippen LogP contribution in [0.3, 0.4) is 0 Å². The van der Waals surface area contributed by atoms with Crippen LogP contribution in [0.5, 0.6) is 11.5 Å². The van der Waals surface area contributed by atoms with E-state index in [9.17, 15) is 9.18 Å². The molecule has 7 nitrogen and oxygen atoms in total. The molecule has 0 radical (unpaired) electrons. The molecule has 0 bridgehead atoms. The maximum Gasteiger partial charge on any atom is 0.233 e. The Morgan fingerprint density at radius 2 is 1.88 bits per heavy atom. The highest BCUT2D eigenvalue weighted by molar-refractivity contribution is 7.99. The zero-order valence-corrected chi connectivity index (χ0v) is 20.4. The number of halogens is 1. The van der Waals surface area contributed by atoms with Gasteiger partial charge in [0, 0.05) is 25.7 Å². The van der Waals surface area contributed by atoms with Gasteiger partial charge in [0.15, 0.2) is 22.5 Å². The molecule has 0 atom stereocenters. The fraction of sp³-hybridized carbons (Fsp3) is 0.375. The van der Waals surface area contributed by atoms with E-state index in [0.29, 0.717) is 47.1 Å². The lowest BCUT2D eigenvalue weighted by atomic mass is 10.1. The van der Waals surface area contributed by atoms with Gasteiger partial charge in [-0.1, -0.05) is 49.9 Å². The average molecular weight is 473 g/mol. The third-order valence-corrected chi connectivity index (χ3v) is 5.97. The molecular formula is C24H29FN4O3S. The monoisotopic (exact) mass is 472 g/mol. The van der Waals surface area contributed by atoms with Gasteiger partial charge in [0.1, 0.15) is 5.82 Å². The van der Waals surface area contributed by atoms with Gasteiger partial charge < -0.3 is 18.9 Å². The van der Waals surface area contributed by atoms with Crippen LogP contribution >= 0.6 is 11.8 Å². The smallest absolute Gasteiger partial charge is 0.233 e. The van der Waals surface area contributed by atoms with E-state index >= 15 is 0 Å². The number of hydrogen-bond donors (Lipinski definition) is 0. The Labute approximate surface area is 197 Å². The summed E-state index contributed by atoms with van der Waals surface area (Å²) in [7, 11) is 4.90. The zero-order chi connectivity index (χ0) is 24.0. The number of benzene rings is 2. The lowest BCUT2D eigenvalue weighted by molar-refractivity contribution is -0.127. The van der Waals surface area contributed by atoms with Crippen LogP contribution in [0.1, 0.15) is 19.4 Å². The number of nitrogens with zero attached hydrogens (tertiary/aromatic N) is 4. The molecule has 3 aromatic rings. The van der Waals surface area contributed by atoms with Crippen molar-refractivity contribution in [2.45, 2.75) is 32.1 Å². The Morgan fingerprint density at radius 1 is 1.12 bits per heavy atom. The summed E-state index contributed by atoms with van der Waals surface area (Å²) in [6.45, 7) is 5.13. The summed E-state index contributed by atoms with van der Waals surface area (Å²) in [6.07, 6.45) is 0. The molecule has 1 heterocycles. The summed E-state index contributed by atoms with van der Waals surface area (Å²) >= 11 is 1.29. The number of ether oxygens (including phenoxy) is 2. The number of rotatable bonds is 10. The third-order valence-electron chi connectivity index (χ3n) is 5.02. The van der Waals surface area contributed by atoms with Crippen LogP contribution in [0.25, 0.3) is 11.4 Å². The minimum absolute atomic E-state index is 0.0728. The van der Waals surface area contributed by atoms with E-state index in [0.717, 1.165) is 5.56 Å². The van der Waals surface area contributed by atoms with Crippen molar-refractivity contribution in [3.05, 3.63) is 53.8 Å². The molecule has 1 aromatic heterocycles. The quantitative estimate of drug-likeness (QED) is 0.405. The minimum atomic E-state index is -0.352. The molecule has 0 fully saturated rings. The van der Waals surface area contributed by atoms with E-state index in [1.807, 2.05) is 22.8 Å². The topological polar surface area (TPSA) is 69.5 Å². The molecule has 9 heteroatoms. The second-order valence-corrected chi connectivity index (χ2v) is 8.92. The van der Waals surface area contributed by atoms with Crippen LogP contribution in [0.15, 0.2) is 47.6 Å². The van der Waals surface area contributed by atoms with Crippen molar-refractivity contribution in [3.63, 3.8) is 0 Å². The zero-order valence-electron chi connectivity index (χ0n) is 19.5. The van der Waals surface area contributed by atoms with Crippen LogP contribution in [-0.2, 0) is 17.9 Å². The molecule has 0 saturated carbocycles. The van der Waals surface area contributed by atoms with Gasteiger partial charge in [-0.15, -0.1) is 10.2 Å². The molecule has 0 unspecified atom stereocenters. The molecule has 1 amide bonds. The number of hydrogen-bond acceptors (Lipinski definition) is 6. The number of carbonyl (C=O) groups excluding carboxylic acids is 1. The van der Waals surface area contributed by atoms with Crippen molar-refractivity contribution in [1.29, 1.82) is 0 Å². The Bertz CT molecular complexity index is 1100. The Hall–Kier alpha value is -3.07. The predicted molar refractivity (Wildman–Crippen MR) is 127 cm³/mol. The van der Waals surface area contributed by atoms with Crippen molar-refractivity contribution in [2.75, 3.05) is 27.0 Å². The number of thioether (sulfide) groups is 1. The summed E-state index contributed by atoms with van der Waals surface area (Å²) in [5, 5.41) is 9.07. The van der Waals surface area contributed by atoms with Crippen molar-refractivity contribution in [2.24, 2.45) is 5.92 Å². The standard InChI is InChI=1S/C24H29FN4O3S/c1-16(2)13-29-23(18-10-6-7-11-19(18)25)26-27-24(29)33-15-21(30)28(3)14-17-9-8-12-20(31-4)22(17)32-5/h6-12,16H,13-15H2,1-5H3. The molecule has 0 aliphatic carbocycles. The van der Waals surface area contributed by atoms with Crippen LogP contribution in [0.4, 0.5) is 4.39 Å². The predicted octanol–water partition coefficient (Wildman–Crippen LogP) is 4.51. The first-order valence-electron chi connectivity index (χ1n) is 10.6. The average Bonchev–Trinajstić information content (AvgIpc) is 3.18. The van der Waals surface area contributed by atoms with Crippen molar-refractivity contribution >= 4 is 17.7 Å². The van der Waals surface area contributed by atoms with Crippen molar-refractivity contribution < 1.29 is 18.7 Å². The van der Waals surface area contributed by atoms with Gasteiger partial charge in [0.25, 0.3) is 0 Å². The lowest BCUT2D eigenvalue weighted by Gasteiger charge is -2.20. The molecule has 33 heavy (non-hydrogen) atoms. The Kier molecular flexibility index (Phi) is 8.32. The first kappa shape index (κ1) is 24.6. The number of methoxy groups -OCH3 is 2. The Balaban J connectivity index is 1.74. The molecule has 0 spiro atoms. The van der Waals surface area contributed by atoms with Crippen molar-refractivity contribution in [1.82, 2.24) is 19.7 Å². The summed E-state index contributed by atoms with van der Waals surface area (Å²) < 4.78 is 27.1. The summed E-state index contributed by atoms with van der Waals surface area (Å²) in [6, 6.07) is 12.1. The number of carbonyl (C=O) groups is 1. The van der Waals surface area contributed by atoms with Gasteiger partial charge in [-0.3, -0.25) is 4.79 Å². The van der Waals surface area contributed by atoms with E-state index in [2.05, 4.69) is 24.0 Å². The van der Waals surface area contributed by atoms with Crippen LogP contribution in [-0.4, -0.2) is 52.6 Å². The molecule has 0 N–H and O–H groups in total. The normalized spacial score (nSPS) is 11.0. The highest BCUT2D eigenvalue weighted by Gasteiger charge is 2.20. The first-order chi connectivity index (χ1) is 15.8. The van der Waals surface area contributed by atoms with E-state index in [1.165, 1.54) is 17.8 Å². The third kappa shape index (κ3) is 5.84. The second kappa shape index (κ2) is 11.2. The summed E-state index contributed by atoms with van der Waals surface area (Å²) in [5.41, 5.74) is 1.24. The fourth-order valence-electron chi connectivity index (χ4n) is 3.43. The van der Waals surface area contributed by atoms with Gasteiger partial charge in [-0.2, -0.15) is 0 Å². The van der Waals surface area contributed by atoms with Crippen LogP contribution in [0.2, 0.25) is 0 Å². The highest BCUT2D eigenvalue weighted by Crippen LogP contribution is 2.32. The van der Waals surface area contributed by atoms with Gasteiger partial charge >= 0.3 is 0 Å². The number of para-hydroxylation sites is 1. The Morgan fingerprint density at radius 3 is 2.55 bits per heavy atom. The molecule has 0 saturated heterocycles. The van der Waals surface area contributed by atoms with Crippen LogP contribution in [0, 0.1) is 11.7 Å². The lowest BCUT2D eigenvalue weighted by Crippen LogP contribution is -2.28. The van der Waals surface area contributed by atoms with Gasteiger partial charge in [-0.25, -0.2) is 4.39 Å². The number of amides is 1. The van der Waals surface area contributed by atoms with Crippen molar-refractivity contribution in [3.8, 4) is 22.9 Å². The molecule has 2 aromatic carbocycles. The van der Waals surface area contributed by atoms with E-state index in [1.54, 1.807) is 44.4 Å².